The van der Waals surface area contributed by atoms with Crippen molar-refractivity contribution in [3.63, 3.8) is 0 Å². The molecular weight excluding hydrogens is 284 g/mol. The standard InChI is InChI=1S/C10H10BrF2NO2/c1-16-5-6-7(11)3-2-4-8(6)14-10(15)9(12)13/h2-4,9H,5H2,1H3,(H,14,15). The minimum Gasteiger partial charge on any atom is -0.380 e. The first-order chi connectivity index (χ1) is 7.56. The number of methoxy groups -OCH3 is 1. The van der Waals surface area contributed by atoms with Gasteiger partial charge in [0.25, 0.3) is 5.91 Å². The molecule has 0 atom stereocenters. The van der Waals surface area contributed by atoms with Crippen LogP contribution < -0.4 is 5.32 Å². The Balaban J connectivity index is 2.94. The first-order valence-electron chi connectivity index (χ1n) is 4.41. The molecule has 0 fully saturated rings. The number of nitrogens with one attached hydrogen (secondary N) is 1. The van der Waals surface area contributed by atoms with Crippen molar-refractivity contribution in [2.45, 2.75) is 13.0 Å². The van der Waals surface area contributed by atoms with E-state index in [9.17, 15) is 13.6 Å². The van der Waals surface area contributed by atoms with Crippen LogP contribution in [0.15, 0.2) is 22.7 Å². The number of benzene rings is 1. The average Bonchev–Trinajstić information content (AvgIpc) is 2.23. The van der Waals surface area contributed by atoms with Crippen LogP contribution in [0.1, 0.15) is 5.56 Å². The number of hydrogen-bond acceptors (Lipinski definition) is 2. The van der Waals surface area contributed by atoms with E-state index >= 15 is 0 Å². The highest BCUT2D eigenvalue weighted by molar-refractivity contribution is 9.10. The second-order valence-corrected chi connectivity index (χ2v) is 3.84. The third kappa shape index (κ3) is 3.24. The fraction of sp³-hybridized carbons (Fsp3) is 0.300. The normalized spacial score (nSPS) is 10.6. The van der Waals surface area contributed by atoms with E-state index in [0.29, 0.717) is 15.7 Å². The Labute approximate surface area is 99.9 Å². The van der Waals surface area contributed by atoms with Gasteiger partial charge in [-0.15, -0.1) is 0 Å². The van der Waals surface area contributed by atoms with Gasteiger partial charge in [0, 0.05) is 22.8 Å². The first kappa shape index (κ1) is 13.1. The maximum Gasteiger partial charge on any atom is 0.315 e. The summed E-state index contributed by atoms with van der Waals surface area (Å²) < 4.78 is 29.8. The van der Waals surface area contributed by atoms with E-state index in [1.165, 1.54) is 7.11 Å². The lowest BCUT2D eigenvalue weighted by Crippen LogP contribution is -2.21. The van der Waals surface area contributed by atoms with E-state index in [1.807, 2.05) is 0 Å². The summed E-state index contributed by atoms with van der Waals surface area (Å²) in [7, 11) is 1.48. The summed E-state index contributed by atoms with van der Waals surface area (Å²) in [4.78, 5) is 10.9. The average molecular weight is 294 g/mol. The molecule has 3 nitrogen and oxygen atoms in total. The van der Waals surface area contributed by atoms with Crippen molar-refractivity contribution in [1.29, 1.82) is 0 Å². The van der Waals surface area contributed by atoms with E-state index < -0.39 is 12.3 Å². The van der Waals surface area contributed by atoms with Gasteiger partial charge in [0.2, 0.25) is 0 Å². The van der Waals surface area contributed by atoms with Crippen LogP contribution in [0, 0.1) is 0 Å². The smallest absolute Gasteiger partial charge is 0.315 e. The van der Waals surface area contributed by atoms with Crippen molar-refractivity contribution in [1.82, 2.24) is 0 Å². The van der Waals surface area contributed by atoms with Crippen LogP contribution in [0.2, 0.25) is 0 Å². The molecule has 0 aliphatic carbocycles. The van der Waals surface area contributed by atoms with Crippen molar-refractivity contribution in [3.05, 3.63) is 28.2 Å². The van der Waals surface area contributed by atoms with Gasteiger partial charge in [0.15, 0.2) is 0 Å². The quantitative estimate of drug-likeness (QED) is 0.927. The lowest BCUT2D eigenvalue weighted by molar-refractivity contribution is -0.126. The molecule has 0 saturated carbocycles. The molecule has 1 aromatic rings. The number of alkyl halides is 2. The fourth-order valence-corrected chi connectivity index (χ4v) is 1.63. The lowest BCUT2D eigenvalue weighted by atomic mass is 10.2. The number of anilines is 1. The molecule has 88 valence electrons. The molecule has 0 aliphatic rings. The number of carbonyl (C=O) groups excluding carboxylic acids is 1. The Morgan fingerprint density at radius 1 is 1.56 bits per heavy atom. The maximum atomic E-state index is 12.1. The molecule has 1 amide bonds. The second-order valence-electron chi connectivity index (χ2n) is 2.99. The largest absolute Gasteiger partial charge is 0.380 e. The summed E-state index contributed by atoms with van der Waals surface area (Å²) >= 11 is 3.26. The maximum absolute atomic E-state index is 12.1. The highest BCUT2D eigenvalue weighted by atomic mass is 79.9. The zero-order valence-electron chi connectivity index (χ0n) is 8.47. The molecule has 1 aromatic carbocycles. The molecule has 0 aromatic heterocycles. The zero-order chi connectivity index (χ0) is 12.1. The summed E-state index contributed by atoms with van der Waals surface area (Å²) in [6.07, 6.45) is -3.03. The predicted molar refractivity (Wildman–Crippen MR) is 59.5 cm³/mol. The van der Waals surface area contributed by atoms with Crippen LogP contribution in [0.5, 0.6) is 0 Å². The first-order valence-corrected chi connectivity index (χ1v) is 5.21. The van der Waals surface area contributed by atoms with Crippen molar-refractivity contribution < 1.29 is 18.3 Å². The van der Waals surface area contributed by atoms with E-state index in [0.717, 1.165) is 0 Å². The summed E-state index contributed by atoms with van der Waals surface area (Å²) in [5.74, 6) is -1.32. The van der Waals surface area contributed by atoms with Crippen LogP contribution in [0.3, 0.4) is 0 Å². The zero-order valence-corrected chi connectivity index (χ0v) is 10.1. The summed E-state index contributed by atoms with van der Waals surface area (Å²) in [6, 6.07) is 4.93. The number of amides is 1. The van der Waals surface area contributed by atoms with Crippen LogP contribution in [0.25, 0.3) is 0 Å². The van der Waals surface area contributed by atoms with Crippen LogP contribution in [-0.4, -0.2) is 19.4 Å². The Kier molecular flexibility index (Phi) is 4.82. The molecule has 0 saturated heterocycles. The number of hydrogen-bond donors (Lipinski definition) is 1. The fourth-order valence-electron chi connectivity index (χ4n) is 1.15. The lowest BCUT2D eigenvalue weighted by Gasteiger charge is -2.11. The molecule has 0 spiro atoms. The molecule has 0 unspecified atom stereocenters. The van der Waals surface area contributed by atoms with Gasteiger partial charge in [-0.05, 0) is 12.1 Å². The number of ether oxygens (including phenoxy) is 1. The van der Waals surface area contributed by atoms with E-state index in [-0.39, 0.29) is 6.61 Å². The molecule has 6 heteroatoms. The Morgan fingerprint density at radius 3 is 2.81 bits per heavy atom. The van der Waals surface area contributed by atoms with Crippen molar-refractivity contribution in [2.24, 2.45) is 0 Å². The van der Waals surface area contributed by atoms with Gasteiger partial charge in [-0.2, -0.15) is 8.78 Å². The van der Waals surface area contributed by atoms with Crippen LogP contribution in [-0.2, 0) is 16.1 Å². The summed E-state index contributed by atoms with van der Waals surface area (Å²) in [5, 5.41) is 2.14. The third-order valence-corrected chi connectivity index (χ3v) is 2.61. The van der Waals surface area contributed by atoms with E-state index in [4.69, 9.17) is 4.74 Å². The van der Waals surface area contributed by atoms with Gasteiger partial charge in [-0.1, -0.05) is 22.0 Å². The summed E-state index contributed by atoms with van der Waals surface area (Å²) in [6.45, 7) is 0.222. The Hall–Kier alpha value is -1.01. The molecule has 1 rings (SSSR count). The number of rotatable bonds is 4. The van der Waals surface area contributed by atoms with Crippen molar-refractivity contribution in [2.75, 3.05) is 12.4 Å². The molecule has 0 radical (unpaired) electrons. The topological polar surface area (TPSA) is 38.3 Å². The van der Waals surface area contributed by atoms with Crippen molar-refractivity contribution in [3.8, 4) is 0 Å². The van der Waals surface area contributed by atoms with E-state index in [1.54, 1.807) is 18.2 Å². The van der Waals surface area contributed by atoms with Crippen molar-refractivity contribution >= 4 is 27.5 Å². The Bertz CT molecular complexity index is 385. The van der Waals surface area contributed by atoms with Gasteiger partial charge in [-0.3, -0.25) is 4.79 Å². The van der Waals surface area contributed by atoms with Gasteiger partial charge in [-0.25, -0.2) is 0 Å². The second kappa shape index (κ2) is 5.91. The molecule has 16 heavy (non-hydrogen) atoms. The van der Waals surface area contributed by atoms with Crippen LogP contribution in [0.4, 0.5) is 14.5 Å². The van der Waals surface area contributed by atoms with Gasteiger partial charge >= 0.3 is 6.43 Å². The third-order valence-electron chi connectivity index (χ3n) is 1.86. The van der Waals surface area contributed by atoms with E-state index in [2.05, 4.69) is 21.2 Å². The molecular formula is C10H10BrF2NO2. The monoisotopic (exact) mass is 293 g/mol. The minimum atomic E-state index is -3.03. The Morgan fingerprint density at radius 2 is 2.25 bits per heavy atom. The van der Waals surface area contributed by atoms with Gasteiger partial charge in [0.1, 0.15) is 0 Å². The number of halogens is 3. The minimum absolute atomic E-state index is 0.222. The molecule has 0 bridgehead atoms. The molecule has 1 N–H and O–H groups in total. The SMILES string of the molecule is COCc1c(Br)cccc1NC(=O)C(F)F. The highest BCUT2D eigenvalue weighted by Crippen LogP contribution is 2.25. The molecule has 0 aliphatic heterocycles. The number of carbonyl (C=O) groups is 1. The summed E-state index contributed by atoms with van der Waals surface area (Å²) in [5.41, 5.74) is 0.945. The molecule has 0 heterocycles. The highest BCUT2D eigenvalue weighted by Gasteiger charge is 2.17. The van der Waals surface area contributed by atoms with Crippen LogP contribution >= 0.6 is 15.9 Å². The van der Waals surface area contributed by atoms with Gasteiger partial charge in [0.05, 0.1) is 6.61 Å². The van der Waals surface area contributed by atoms with Gasteiger partial charge < -0.3 is 10.1 Å². The predicted octanol–water partition coefficient (Wildman–Crippen LogP) is 2.80.